The zero-order valence-electron chi connectivity index (χ0n) is 14.8. The molecular weight excluding hydrogens is 326 g/mol. The summed E-state index contributed by atoms with van der Waals surface area (Å²) in [7, 11) is 2.09. The van der Waals surface area contributed by atoms with Crippen molar-refractivity contribution in [2.75, 3.05) is 29.9 Å². The van der Waals surface area contributed by atoms with Crippen molar-refractivity contribution in [2.24, 2.45) is 0 Å². The average Bonchev–Trinajstić information content (AvgIpc) is 2.66. The highest BCUT2D eigenvalue weighted by Crippen LogP contribution is 2.29. The fourth-order valence-corrected chi connectivity index (χ4v) is 3.86. The molecule has 0 spiro atoms. The Morgan fingerprint density at radius 2 is 1.96 bits per heavy atom. The van der Waals surface area contributed by atoms with Crippen LogP contribution in [0.2, 0.25) is 0 Å². The van der Waals surface area contributed by atoms with Gasteiger partial charge in [0.15, 0.2) is 11.5 Å². The smallest absolute Gasteiger partial charge is 0.164 e. The summed E-state index contributed by atoms with van der Waals surface area (Å²) in [5, 5.41) is 9.90. The molecule has 3 aromatic rings. The maximum absolute atomic E-state index is 4.49. The molecule has 0 unspecified atom stereocenters. The number of rotatable bonds is 3. The number of hydrogen-bond donors (Lipinski definition) is 0. The molecule has 0 amide bonds. The molecule has 0 N–H and O–H groups in total. The number of fused-ring (bicyclic) bond motifs is 2. The zero-order valence-corrected chi connectivity index (χ0v) is 14.8. The van der Waals surface area contributed by atoms with E-state index in [2.05, 4.69) is 48.1 Å². The average molecular weight is 347 g/mol. The van der Waals surface area contributed by atoms with Gasteiger partial charge in [-0.1, -0.05) is 0 Å². The van der Waals surface area contributed by atoms with E-state index in [1.807, 2.05) is 12.1 Å². The summed E-state index contributed by atoms with van der Waals surface area (Å²) in [5.74, 6) is 1.94. The van der Waals surface area contributed by atoms with E-state index in [4.69, 9.17) is 0 Å². The Labute approximate surface area is 152 Å². The Morgan fingerprint density at radius 3 is 2.88 bits per heavy atom. The molecule has 0 bridgehead atoms. The molecule has 7 heteroatoms. The number of hydrogen-bond acceptors (Lipinski definition) is 7. The Morgan fingerprint density at radius 1 is 1.08 bits per heavy atom. The molecular formula is C19H21N7. The Hall–Kier alpha value is -2.83. The highest BCUT2D eigenvalue weighted by molar-refractivity contribution is 5.86. The van der Waals surface area contributed by atoms with Gasteiger partial charge in [0.05, 0.1) is 17.1 Å². The SMILES string of the molecule is CN(c1ncnc2ncccc12)C1CN(c2cc3c(nn2)CCCC3)C1. The number of aromatic nitrogens is 5. The molecule has 1 aliphatic carbocycles. The molecule has 26 heavy (non-hydrogen) atoms. The lowest BCUT2D eigenvalue weighted by Crippen LogP contribution is -2.59. The molecule has 4 heterocycles. The van der Waals surface area contributed by atoms with Crippen LogP contribution in [0.15, 0.2) is 30.7 Å². The fourth-order valence-electron chi connectivity index (χ4n) is 3.86. The van der Waals surface area contributed by atoms with Crippen LogP contribution in [0.5, 0.6) is 0 Å². The standard InChI is InChI=1S/C19H21N7/c1-25(19-15-6-4-8-20-18(15)21-12-22-19)14-10-26(11-14)17-9-13-5-2-3-7-16(13)23-24-17/h4,6,8-9,12,14H,2-3,5,7,10-11H2,1H3. The molecule has 0 saturated carbocycles. The van der Waals surface area contributed by atoms with Crippen LogP contribution in [0, 0.1) is 0 Å². The minimum Gasteiger partial charge on any atom is -0.352 e. The fraction of sp³-hybridized carbons (Fsp3) is 0.421. The van der Waals surface area contributed by atoms with Gasteiger partial charge in [-0.3, -0.25) is 0 Å². The van der Waals surface area contributed by atoms with Crippen molar-refractivity contribution in [1.82, 2.24) is 25.1 Å². The van der Waals surface area contributed by atoms with Crippen LogP contribution in [0.25, 0.3) is 11.0 Å². The summed E-state index contributed by atoms with van der Waals surface area (Å²) in [6, 6.07) is 6.59. The predicted octanol–water partition coefficient (Wildman–Crippen LogP) is 2.02. The lowest BCUT2D eigenvalue weighted by atomic mass is 9.96. The first kappa shape index (κ1) is 15.4. The molecule has 2 aliphatic rings. The molecule has 0 radical (unpaired) electrons. The first-order valence-corrected chi connectivity index (χ1v) is 9.18. The number of anilines is 2. The van der Waals surface area contributed by atoms with E-state index in [9.17, 15) is 0 Å². The number of nitrogens with zero attached hydrogens (tertiary/aromatic N) is 7. The van der Waals surface area contributed by atoms with Crippen LogP contribution >= 0.6 is 0 Å². The van der Waals surface area contributed by atoms with Gasteiger partial charge in [-0.15, -0.1) is 5.10 Å². The van der Waals surface area contributed by atoms with Crippen molar-refractivity contribution in [3.05, 3.63) is 42.0 Å². The van der Waals surface area contributed by atoms with Gasteiger partial charge >= 0.3 is 0 Å². The quantitative estimate of drug-likeness (QED) is 0.718. The van der Waals surface area contributed by atoms with Crippen molar-refractivity contribution in [1.29, 1.82) is 0 Å². The van der Waals surface area contributed by atoms with E-state index in [0.29, 0.717) is 6.04 Å². The van der Waals surface area contributed by atoms with Crippen molar-refractivity contribution >= 4 is 22.7 Å². The molecule has 1 saturated heterocycles. The van der Waals surface area contributed by atoms with Crippen LogP contribution < -0.4 is 9.80 Å². The lowest BCUT2D eigenvalue weighted by molar-refractivity contribution is 0.487. The minimum absolute atomic E-state index is 0.395. The van der Waals surface area contributed by atoms with Gasteiger partial charge in [-0.2, -0.15) is 5.10 Å². The van der Waals surface area contributed by atoms with E-state index in [0.717, 1.165) is 48.6 Å². The highest BCUT2D eigenvalue weighted by atomic mass is 15.4. The first-order chi connectivity index (χ1) is 12.8. The molecule has 1 fully saturated rings. The topological polar surface area (TPSA) is 70.9 Å². The molecule has 3 aromatic heterocycles. The van der Waals surface area contributed by atoms with Crippen LogP contribution in [0.4, 0.5) is 11.6 Å². The highest BCUT2D eigenvalue weighted by Gasteiger charge is 2.33. The number of likely N-dealkylation sites (N-methyl/N-ethyl adjacent to an activating group) is 1. The molecule has 132 valence electrons. The molecule has 0 aromatic carbocycles. The summed E-state index contributed by atoms with van der Waals surface area (Å²) >= 11 is 0. The van der Waals surface area contributed by atoms with E-state index in [1.165, 1.54) is 24.1 Å². The third-order valence-corrected chi connectivity index (χ3v) is 5.51. The van der Waals surface area contributed by atoms with E-state index >= 15 is 0 Å². The van der Waals surface area contributed by atoms with Crippen LogP contribution in [0.1, 0.15) is 24.1 Å². The van der Waals surface area contributed by atoms with E-state index in [-0.39, 0.29) is 0 Å². The Balaban J connectivity index is 1.33. The van der Waals surface area contributed by atoms with Crippen LogP contribution in [0.3, 0.4) is 0 Å². The van der Waals surface area contributed by atoms with Crippen molar-refractivity contribution in [3.8, 4) is 0 Å². The summed E-state index contributed by atoms with van der Waals surface area (Å²) < 4.78 is 0. The van der Waals surface area contributed by atoms with Gasteiger partial charge in [-0.05, 0) is 49.4 Å². The van der Waals surface area contributed by atoms with E-state index in [1.54, 1.807) is 12.5 Å². The Bertz CT molecular complexity index is 946. The number of aryl methyl sites for hydroxylation is 2. The summed E-state index contributed by atoms with van der Waals surface area (Å²) in [4.78, 5) is 17.6. The van der Waals surface area contributed by atoms with Gasteiger partial charge < -0.3 is 9.80 Å². The van der Waals surface area contributed by atoms with Crippen molar-refractivity contribution in [3.63, 3.8) is 0 Å². The normalized spacial score (nSPS) is 17.0. The second kappa shape index (κ2) is 6.16. The van der Waals surface area contributed by atoms with E-state index < -0.39 is 0 Å². The van der Waals surface area contributed by atoms with Crippen LogP contribution in [-0.4, -0.2) is 51.3 Å². The van der Waals surface area contributed by atoms with Gasteiger partial charge in [0.25, 0.3) is 0 Å². The Kier molecular flexibility index (Phi) is 3.65. The third kappa shape index (κ3) is 2.55. The maximum Gasteiger partial charge on any atom is 0.164 e. The zero-order chi connectivity index (χ0) is 17.5. The van der Waals surface area contributed by atoms with Gasteiger partial charge in [0.2, 0.25) is 0 Å². The first-order valence-electron chi connectivity index (χ1n) is 9.18. The predicted molar refractivity (Wildman–Crippen MR) is 100 cm³/mol. The summed E-state index contributed by atoms with van der Waals surface area (Å²) in [6.07, 6.45) is 8.06. The lowest BCUT2D eigenvalue weighted by Gasteiger charge is -2.45. The van der Waals surface area contributed by atoms with Crippen molar-refractivity contribution < 1.29 is 0 Å². The summed E-state index contributed by atoms with van der Waals surface area (Å²) in [5.41, 5.74) is 3.31. The molecule has 5 rings (SSSR count). The largest absolute Gasteiger partial charge is 0.352 e. The molecule has 7 nitrogen and oxygen atoms in total. The second-order valence-electron chi connectivity index (χ2n) is 7.12. The monoisotopic (exact) mass is 347 g/mol. The van der Waals surface area contributed by atoms with Gasteiger partial charge in [0.1, 0.15) is 12.1 Å². The third-order valence-electron chi connectivity index (χ3n) is 5.51. The van der Waals surface area contributed by atoms with Crippen molar-refractivity contribution in [2.45, 2.75) is 31.7 Å². The van der Waals surface area contributed by atoms with Crippen LogP contribution in [-0.2, 0) is 12.8 Å². The molecule has 0 atom stereocenters. The van der Waals surface area contributed by atoms with Gasteiger partial charge in [-0.25, -0.2) is 15.0 Å². The summed E-state index contributed by atoms with van der Waals surface area (Å²) in [6.45, 7) is 1.85. The maximum atomic E-state index is 4.49. The molecule has 1 aliphatic heterocycles. The minimum atomic E-state index is 0.395. The second-order valence-corrected chi connectivity index (χ2v) is 7.12. The van der Waals surface area contributed by atoms with Gasteiger partial charge in [0, 0.05) is 26.3 Å². The number of pyridine rings is 1.